The molecule has 5 nitrogen and oxygen atoms in total. The summed E-state index contributed by atoms with van der Waals surface area (Å²) in [6, 6.07) is 3.35. The Bertz CT molecular complexity index is 651. The lowest BCUT2D eigenvalue weighted by Gasteiger charge is -2.27. The molecule has 1 aliphatic carbocycles. The number of benzene rings is 1. The Morgan fingerprint density at radius 2 is 1.88 bits per heavy atom. The van der Waals surface area contributed by atoms with Crippen molar-refractivity contribution >= 4 is 29.9 Å². The van der Waals surface area contributed by atoms with Gasteiger partial charge in [0.25, 0.3) is 0 Å². The van der Waals surface area contributed by atoms with Crippen molar-refractivity contribution in [2.75, 3.05) is 11.4 Å². The highest BCUT2D eigenvalue weighted by atomic mass is 35.5. The first kappa shape index (κ1) is 19.6. The van der Waals surface area contributed by atoms with E-state index in [0.717, 1.165) is 37.8 Å². The van der Waals surface area contributed by atoms with Gasteiger partial charge in [-0.05, 0) is 37.8 Å². The van der Waals surface area contributed by atoms with Crippen LogP contribution in [0.1, 0.15) is 32.1 Å². The minimum absolute atomic E-state index is 0. The minimum Gasteiger partial charge on any atom is -0.353 e. The van der Waals surface area contributed by atoms with Crippen molar-refractivity contribution in [1.29, 1.82) is 0 Å². The number of hydrogen-bond donors (Lipinski definition) is 2. The summed E-state index contributed by atoms with van der Waals surface area (Å²) < 4.78 is 26.9. The lowest BCUT2D eigenvalue weighted by molar-refractivity contribution is -0.127. The van der Waals surface area contributed by atoms with Gasteiger partial charge in [-0.2, -0.15) is 0 Å². The van der Waals surface area contributed by atoms with E-state index in [1.54, 1.807) is 0 Å². The van der Waals surface area contributed by atoms with Crippen LogP contribution in [-0.2, 0) is 9.59 Å². The molecule has 8 heteroatoms. The summed E-state index contributed by atoms with van der Waals surface area (Å²) in [5, 5.41) is 2.97. The summed E-state index contributed by atoms with van der Waals surface area (Å²) in [5.74, 6) is -2.53. The van der Waals surface area contributed by atoms with E-state index in [9.17, 15) is 18.4 Å². The largest absolute Gasteiger partial charge is 0.353 e. The molecule has 0 spiro atoms. The average molecular weight is 374 g/mol. The molecule has 138 valence electrons. The molecule has 2 amide bonds. The second-order valence-corrected chi connectivity index (χ2v) is 6.62. The van der Waals surface area contributed by atoms with Crippen molar-refractivity contribution in [3.05, 3.63) is 29.8 Å². The summed E-state index contributed by atoms with van der Waals surface area (Å²) in [7, 11) is 0. The van der Waals surface area contributed by atoms with Crippen LogP contribution in [0.5, 0.6) is 0 Å². The van der Waals surface area contributed by atoms with Crippen molar-refractivity contribution in [1.82, 2.24) is 5.32 Å². The zero-order chi connectivity index (χ0) is 17.3. The number of amides is 2. The van der Waals surface area contributed by atoms with Gasteiger partial charge in [-0.25, -0.2) is 8.78 Å². The molecule has 0 bridgehead atoms. The number of nitrogens with two attached hydrogens (primary N) is 1. The van der Waals surface area contributed by atoms with Crippen LogP contribution in [-0.4, -0.2) is 30.4 Å². The third-order valence-electron chi connectivity index (χ3n) is 4.81. The van der Waals surface area contributed by atoms with Crippen molar-refractivity contribution in [3.63, 3.8) is 0 Å². The van der Waals surface area contributed by atoms with E-state index in [2.05, 4.69) is 5.32 Å². The number of rotatable bonds is 3. The van der Waals surface area contributed by atoms with Crippen molar-refractivity contribution in [2.24, 2.45) is 11.7 Å². The van der Waals surface area contributed by atoms with E-state index < -0.39 is 17.6 Å². The number of carbonyl (C=O) groups is 2. The highest BCUT2D eigenvalue weighted by Crippen LogP contribution is 2.28. The van der Waals surface area contributed by atoms with Crippen LogP contribution in [0, 0.1) is 17.6 Å². The van der Waals surface area contributed by atoms with Gasteiger partial charge in [-0.15, -0.1) is 12.4 Å². The minimum atomic E-state index is -0.800. The van der Waals surface area contributed by atoms with Crippen LogP contribution in [0.3, 0.4) is 0 Å². The molecule has 3 rings (SSSR count). The molecule has 2 fully saturated rings. The fraction of sp³-hybridized carbons (Fsp3) is 0.529. The average Bonchev–Trinajstić information content (AvgIpc) is 2.91. The highest BCUT2D eigenvalue weighted by Gasteiger charge is 2.37. The maximum Gasteiger partial charge on any atom is 0.227 e. The number of nitrogens with zero attached hydrogens (tertiary/aromatic N) is 1. The SMILES string of the molecule is Cl.NC1CCC(NC(=O)C2CC(=O)N(c3ccc(F)cc3F)C2)CC1. The quantitative estimate of drug-likeness (QED) is 0.852. The topological polar surface area (TPSA) is 75.4 Å². The fourth-order valence-corrected chi connectivity index (χ4v) is 3.40. The van der Waals surface area contributed by atoms with Gasteiger partial charge in [0.2, 0.25) is 11.8 Å². The zero-order valence-corrected chi connectivity index (χ0v) is 14.5. The maximum atomic E-state index is 13.9. The number of halogens is 3. The molecule has 1 saturated heterocycles. The number of nitrogens with one attached hydrogen (secondary N) is 1. The Morgan fingerprint density at radius 3 is 2.52 bits per heavy atom. The molecule has 1 unspecified atom stereocenters. The van der Waals surface area contributed by atoms with Crippen LogP contribution < -0.4 is 16.0 Å². The van der Waals surface area contributed by atoms with Crippen molar-refractivity contribution in [3.8, 4) is 0 Å². The third-order valence-corrected chi connectivity index (χ3v) is 4.81. The van der Waals surface area contributed by atoms with Crippen LogP contribution in [0.2, 0.25) is 0 Å². The molecular formula is C17H22ClF2N3O2. The number of hydrogen-bond acceptors (Lipinski definition) is 3. The number of carbonyl (C=O) groups excluding carboxylic acids is 2. The Kier molecular flexibility index (Phi) is 6.35. The molecule has 1 aromatic rings. The first-order valence-electron chi connectivity index (χ1n) is 8.25. The van der Waals surface area contributed by atoms with Gasteiger partial charge >= 0.3 is 0 Å². The smallest absolute Gasteiger partial charge is 0.227 e. The third kappa shape index (κ3) is 4.46. The van der Waals surface area contributed by atoms with Crippen LogP contribution >= 0.6 is 12.4 Å². The van der Waals surface area contributed by atoms with Crippen LogP contribution in [0.15, 0.2) is 18.2 Å². The molecule has 1 heterocycles. The maximum absolute atomic E-state index is 13.9. The van der Waals surface area contributed by atoms with Gasteiger partial charge in [0.05, 0.1) is 11.6 Å². The highest BCUT2D eigenvalue weighted by molar-refractivity contribution is 6.00. The summed E-state index contributed by atoms with van der Waals surface area (Å²) in [6.07, 6.45) is 3.46. The van der Waals surface area contributed by atoms with Gasteiger partial charge in [0.15, 0.2) is 0 Å². The first-order chi connectivity index (χ1) is 11.4. The monoisotopic (exact) mass is 373 g/mol. The molecule has 25 heavy (non-hydrogen) atoms. The fourth-order valence-electron chi connectivity index (χ4n) is 3.40. The van der Waals surface area contributed by atoms with E-state index in [-0.39, 0.29) is 55.0 Å². The zero-order valence-electron chi connectivity index (χ0n) is 13.7. The number of anilines is 1. The molecular weight excluding hydrogens is 352 g/mol. The Labute approximate surface area is 151 Å². The lowest BCUT2D eigenvalue weighted by atomic mass is 9.91. The molecule has 2 aliphatic rings. The molecule has 1 aliphatic heterocycles. The summed E-state index contributed by atoms with van der Waals surface area (Å²) in [6.45, 7) is 0.111. The normalized spacial score (nSPS) is 26.3. The van der Waals surface area contributed by atoms with E-state index in [4.69, 9.17) is 5.73 Å². The van der Waals surface area contributed by atoms with E-state index in [1.807, 2.05) is 0 Å². The summed E-state index contributed by atoms with van der Waals surface area (Å²) >= 11 is 0. The predicted octanol–water partition coefficient (Wildman–Crippen LogP) is 2.13. The summed E-state index contributed by atoms with van der Waals surface area (Å²) in [5.41, 5.74) is 5.86. The molecule has 1 atom stereocenters. The first-order valence-corrected chi connectivity index (χ1v) is 8.25. The standard InChI is InChI=1S/C17H21F2N3O2.ClH/c18-11-1-6-15(14(19)8-11)22-9-10(7-16(22)23)17(24)21-13-4-2-12(20)3-5-13;/h1,6,8,10,12-13H,2-5,7,9,20H2,(H,21,24);1H. The molecule has 3 N–H and O–H groups in total. The predicted molar refractivity (Wildman–Crippen MR) is 92.4 cm³/mol. The molecule has 1 saturated carbocycles. The van der Waals surface area contributed by atoms with Crippen molar-refractivity contribution in [2.45, 2.75) is 44.2 Å². The molecule has 0 aromatic heterocycles. The van der Waals surface area contributed by atoms with Crippen LogP contribution in [0.25, 0.3) is 0 Å². The van der Waals surface area contributed by atoms with E-state index in [1.165, 1.54) is 11.0 Å². The van der Waals surface area contributed by atoms with E-state index >= 15 is 0 Å². The van der Waals surface area contributed by atoms with Gasteiger partial charge in [0, 0.05) is 31.1 Å². The second kappa shape index (κ2) is 8.10. The lowest BCUT2D eigenvalue weighted by Crippen LogP contribution is -2.43. The van der Waals surface area contributed by atoms with Gasteiger partial charge in [0.1, 0.15) is 11.6 Å². The van der Waals surface area contributed by atoms with E-state index in [0.29, 0.717) is 0 Å². The molecule has 1 aromatic carbocycles. The van der Waals surface area contributed by atoms with Crippen LogP contribution in [0.4, 0.5) is 14.5 Å². The Morgan fingerprint density at radius 1 is 1.20 bits per heavy atom. The van der Waals surface area contributed by atoms with Gasteiger partial charge in [-0.3, -0.25) is 9.59 Å². The van der Waals surface area contributed by atoms with Gasteiger partial charge in [-0.1, -0.05) is 0 Å². The Balaban J connectivity index is 0.00000225. The Hall–Kier alpha value is -1.73. The van der Waals surface area contributed by atoms with Gasteiger partial charge < -0.3 is 16.0 Å². The van der Waals surface area contributed by atoms with Crippen molar-refractivity contribution < 1.29 is 18.4 Å². The second-order valence-electron chi connectivity index (χ2n) is 6.62. The molecule has 0 radical (unpaired) electrons. The summed E-state index contributed by atoms with van der Waals surface area (Å²) in [4.78, 5) is 25.7.